The van der Waals surface area contributed by atoms with Gasteiger partial charge in [0.25, 0.3) is 0 Å². The van der Waals surface area contributed by atoms with E-state index in [9.17, 15) is 9.36 Å². The molecular formula is C25H34N7O7P. The second-order valence-corrected chi connectivity index (χ2v) is 11.8. The molecular weight excluding hydrogens is 541 g/mol. The van der Waals surface area contributed by atoms with E-state index in [1.807, 2.05) is 37.3 Å². The van der Waals surface area contributed by atoms with E-state index in [4.69, 9.17) is 29.2 Å². The third-order valence-electron chi connectivity index (χ3n) is 6.79. The minimum Gasteiger partial charge on any atom is -0.479 e. The molecule has 0 aliphatic carbocycles. The number of carbonyl (C=O) groups is 1. The van der Waals surface area contributed by atoms with Gasteiger partial charge in [-0.1, -0.05) is 37.3 Å². The topological polar surface area (TPSA) is 165 Å². The van der Waals surface area contributed by atoms with Crippen LogP contribution in [0.5, 0.6) is 5.88 Å². The highest BCUT2D eigenvalue weighted by Crippen LogP contribution is 2.48. The third kappa shape index (κ3) is 6.43. The minimum absolute atomic E-state index is 0.0502. The van der Waals surface area contributed by atoms with Crippen LogP contribution in [0.15, 0.2) is 36.7 Å². The molecule has 3 N–H and O–H groups in total. The number of hydrogen-bond donors (Lipinski definition) is 2. The molecule has 5 rings (SSSR count). The number of nitrogens with zero attached hydrogens (tertiary/aromatic N) is 5. The second kappa shape index (κ2) is 12.6. The molecule has 0 radical (unpaired) electrons. The van der Waals surface area contributed by atoms with Crippen LogP contribution in [-0.4, -0.2) is 82.8 Å². The Morgan fingerprint density at radius 2 is 2.00 bits per heavy atom. The Hall–Kier alpha value is -3.13. The number of imidazole rings is 1. The molecule has 14 nitrogen and oxygen atoms in total. The van der Waals surface area contributed by atoms with Gasteiger partial charge in [0.15, 0.2) is 11.2 Å². The number of benzene rings is 1. The van der Waals surface area contributed by atoms with Crippen LogP contribution in [0.25, 0.3) is 11.2 Å². The van der Waals surface area contributed by atoms with E-state index in [-0.39, 0.29) is 43.6 Å². The molecule has 2 saturated heterocycles. The predicted octanol–water partition coefficient (Wildman–Crippen LogP) is 2.13. The van der Waals surface area contributed by atoms with Gasteiger partial charge in [-0.3, -0.25) is 13.9 Å². The molecule has 216 valence electrons. The molecule has 2 aliphatic heterocycles. The molecule has 2 aliphatic rings. The number of aromatic nitrogens is 4. The molecule has 3 aromatic rings. The molecule has 1 aromatic carbocycles. The number of rotatable bonds is 11. The SMILES string of the molecule is COc1nc(N)nc2c1ncn2C1OC(COP(=O)(NCC(=O)OCc2ccccc2)N2CCOCC2)CC1C. The third-order valence-corrected chi connectivity index (χ3v) is 8.99. The molecule has 4 unspecified atom stereocenters. The van der Waals surface area contributed by atoms with Crippen LogP contribution in [-0.2, 0) is 34.7 Å². The van der Waals surface area contributed by atoms with Crippen molar-refractivity contribution in [1.29, 1.82) is 0 Å². The average Bonchev–Trinajstić information content (AvgIpc) is 3.57. The van der Waals surface area contributed by atoms with Gasteiger partial charge in [-0.2, -0.15) is 9.97 Å². The molecule has 15 heteroatoms. The van der Waals surface area contributed by atoms with E-state index in [2.05, 4.69) is 20.0 Å². The van der Waals surface area contributed by atoms with E-state index in [1.165, 1.54) is 7.11 Å². The van der Waals surface area contributed by atoms with Crippen LogP contribution in [0.2, 0.25) is 0 Å². The summed E-state index contributed by atoms with van der Waals surface area (Å²) in [6.45, 7) is 3.58. The molecule has 2 fully saturated rings. The number of fused-ring (bicyclic) bond motifs is 1. The van der Waals surface area contributed by atoms with Crippen LogP contribution >= 0.6 is 7.67 Å². The normalized spacial score (nSPS) is 23.2. The molecule has 4 atom stereocenters. The number of nitrogen functional groups attached to an aromatic ring is 1. The zero-order valence-electron chi connectivity index (χ0n) is 22.5. The number of ether oxygens (including phenoxy) is 4. The summed E-state index contributed by atoms with van der Waals surface area (Å²) >= 11 is 0. The molecule has 0 spiro atoms. The lowest BCUT2D eigenvalue weighted by Gasteiger charge is -2.34. The molecule has 4 heterocycles. The van der Waals surface area contributed by atoms with Crippen LogP contribution in [0, 0.1) is 5.92 Å². The van der Waals surface area contributed by atoms with Crippen molar-refractivity contribution in [3.63, 3.8) is 0 Å². The van der Waals surface area contributed by atoms with Crippen LogP contribution in [0.1, 0.15) is 25.1 Å². The average molecular weight is 576 g/mol. The number of hydrogen-bond acceptors (Lipinski definition) is 11. The van der Waals surface area contributed by atoms with Gasteiger partial charge in [-0.15, -0.1) is 0 Å². The lowest BCUT2D eigenvalue weighted by Crippen LogP contribution is -2.40. The van der Waals surface area contributed by atoms with Gasteiger partial charge < -0.3 is 29.2 Å². The summed E-state index contributed by atoms with van der Waals surface area (Å²) < 4.78 is 45.8. The number of nitrogens with one attached hydrogen (secondary N) is 1. The van der Waals surface area contributed by atoms with E-state index < -0.39 is 19.9 Å². The summed E-state index contributed by atoms with van der Waals surface area (Å²) in [6, 6.07) is 9.35. The van der Waals surface area contributed by atoms with Crippen molar-refractivity contribution in [1.82, 2.24) is 29.3 Å². The first-order valence-electron chi connectivity index (χ1n) is 13.1. The Balaban J connectivity index is 1.22. The maximum atomic E-state index is 14.0. The maximum absolute atomic E-state index is 14.0. The van der Waals surface area contributed by atoms with Gasteiger partial charge in [0.2, 0.25) is 11.8 Å². The summed E-state index contributed by atoms with van der Waals surface area (Å²) in [4.78, 5) is 25.2. The molecule has 40 heavy (non-hydrogen) atoms. The second-order valence-electron chi connectivity index (χ2n) is 9.64. The van der Waals surface area contributed by atoms with Crippen molar-refractivity contribution in [2.45, 2.75) is 32.3 Å². The van der Waals surface area contributed by atoms with Gasteiger partial charge >= 0.3 is 13.6 Å². The van der Waals surface area contributed by atoms with E-state index >= 15 is 0 Å². The van der Waals surface area contributed by atoms with Gasteiger partial charge in [-0.25, -0.2) is 14.7 Å². The van der Waals surface area contributed by atoms with Crippen molar-refractivity contribution in [3.8, 4) is 5.88 Å². The van der Waals surface area contributed by atoms with Crippen molar-refractivity contribution in [3.05, 3.63) is 42.2 Å². The van der Waals surface area contributed by atoms with Gasteiger partial charge in [0, 0.05) is 19.0 Å². The molecule has 0 amide bonds. The standard InChI is InChI=1S/C25H34N7O7P/c1-17-12-19(39-24(17)32-16-27-21-22(32)29-25(26)30-23(21)35-2)15-38-40(34,31-8-10-36-11-9-31)28-13-20(33)37-14-18-6-4-3-5-7-18/h3-7,16-17,19,24H,8-15H2,1-2H3,(H,28,34)(H2,26,29,30). The van der Waals surface area contributed by atoms with E-state index in [1.54, 1.807) is 15.6 Å². The lowest BCUT2D eigenvalue weighted by atomic mass is 10.1. The van der Waals surface area contributed by atoms with Crippen molar-refractivity contribution in [2.24, 2.45) is 5.92 Å². The van der Waals surface area contributed by atoms with Crippen molar-refractivity contribution >= 4 is 30.8 Å². The molecule has 2 aromatic heterocycles. The summed E-state index contributed by atoms with van der Waals surface area (Å²) in [7, 11) is -2.11. The summed E-state index contributed by atoms with van der Waals surface area (Å²) in [5, 5.41) is 2.83. The Labute approximate surface area is 231 Å². The number of anilines is 1. The smallest absolute Gasteiger partial charge is 0.344 e. The zero-order chi connectivity index (χ0) is 28.1. The lowest BCUT2D eigenvalue weighted by molar-refractivity contribution is -0.143. The fraction of sp³-hybridized carbons (Fsp3) is 0.520. The molecule has 0 saturated carbocycles. The first kappa shape index (κ1) is 28.4. The Bertz CT molecular complexity index is 1350. The summed E-state index contributed by atoms with van der Waals surface area (Å²) in [6.07, 6.45) is 1.50. The number of morpholine rings is 1. The van der Waals surface area contributed by atoms with E-state index in [0.29, 0.717) is 43.9 Å². The Kier molecular flexibility index (Phi) is 8.94. The van der Waals surface area contributed by atoms with Crippen molar-refractivity contribution in [2.75, 3.05) is 52.3 Å². The number of carbonyl (C=O) groups excluding carboxylic acids is 1. The quantitative estimate of drug-likeness (QED) is 0.252. The minimum atomic E-state index is -3.60. The number of nitrogens with two attached hydrogens (primary N) is 1. The zero-order valence-corrected chi connectivity index (χ0v) is 23.4. The van der Waals surface area contributed by atoms with Gasteiger partial charge in [-0.05, 0) is 12.0 Å². The van der Waals surface area contributed by atoms with E-state index in [0.717, 1.165) is 5.56 Å². The van der Waals surface area contributed by atoms with Crippen LogP contribution < -0.4 is 15.6 Å². The first-order chi connectivity index (χ1) is 19.4. The highest BCUT2D eigenvalue weighted by atomic mass is 31.2. The summed E-state index contributed by atoms with van der Waals surface area (Å²) in [5.74, 6) is -0.115. The summed E-state index contributed by atoms with van der Waals surface area (Å²) in [5.41, 5.74) is 7.71. The molecule has 0 bridgehead atoms. The fourth-order valence-electron chi connectivity index (χ4n) is 4.78. The number of esters is 1. The monoisotopic (exact) mass is 575 g/mol. The number of methoxy groups -OCH3 is 1. The van der Waals surface area contributed by atoms with Gasteiger partial charge in [0.05, 0.1) is 39.4 Å². The van der Waals surface area contributed by atoms with Crippen LogP contribution in [0.4, 0.5) is 5.95 Å². The predicted molar refractivity (Wildman–Crippen MR) is 144 cm³/mol. The fourth-order valence-corrected chi connectivity index (χ4v) is 6.62. The Morgan fingerprint density at radius 3 is 2.75 bits per heavy atom. The van der Waals surface area contributed by atoms with Crippen molar-refractivity contribution < 1.29 is 32.8 Å². The first-order valence-corrected chi connectivity index (χ1v) is 14.7. The largest absolute Gasteiger partial charge is 0.479 e. The highest BCUT2D eigenvalue weighted by molar-refractivity contribution is 7.54. The van der Waals surface area contributed by atoms with Gasteiger partial charge in [0.1, 0.15) is 19.4 Å². The van der Waals surface area contributed by atoms with Crippen LogP contribution in [0.3, 0.4) is 0 Å². The maximum Gasteiger partial charge on any atom is 0.344 e. The Morgan fingerprint density at radius 1 is 1.23 bits per heavy atom. The highest BCUT2D eigenvalue weighted by Gasteiger charge is 2.39.